The van der Waals surface area contributed by atoms with Gasteiger partial charge in [0.1, 0.15) is 5.69 Å². The predicted octanol–water partition coefficient (Wildman–Crippen LogP) is 1.53. The maximum absolute atomic E-state index is 11.8. The number of nitrogens with one attached hydrogen (secondary N) is 1. The van der Waals surface area contributed by atoms with Gasteiger partial charge in [0.15, 0.2) is 0 Å². The molecule has 4 heteroatoms. The van der Waals surface area contributed by atoms with Gasteiger partial charge in [-0.2, -0.15) is 0 Å². The van der Waals surface area contributed by atoms with Crippen LogP contribution in [0, 0.1) is 0 Å². The molecule has 84 valence electrons. The first kappa shape index (κ1) is 11.6. The van der Waals surface area contributed by atoms with E-state index in [1.54, 1.807) is 16.8 Å². The van der Waals surface area contributed by atoms with E-state index >= 15 is 0 Å². The number of rotatable bonds is 4. The number of anilines is 1. The van der Waals surface area contributed by atoms with Gasteiger partial charge in [-0.3, -0.25) is 4.79 Å². The molecule has 0 atom stereocenters. The van der Waals surface area contributed by atoms with Crippen LogP contribution in [0.4, 0.5) is 5.69 Å². The average Bonchev–Trinajstić information content (AvgIpc) is 2.54. The van der Waals surface area contributed by atoms with E-state index in [0.717, 1.165) is 12.8 Å². The normalized spacial score (nSPS) is 10.7. The van der Waals surface area contributed by atoms with Crippen molar-refractivity contribution in [3.63, 3.8) is 0 Å². The molecule has 1 heterocycles. The number of aryl methyl sites for hydroxylation is 1. The first-order valence-electron chi connectivity index (χ1n) is 5.31. The van der Waals surface area contributed by atoms with Crippen LogP contribution in [0.25, 0.3) is 0 Å². The molecule has 1 aromatic rings. The van der Waals surface area contributed by atoms with Gasteiger partial charge in [0, 0.05) is 19.3 Å². The first-order valence-corrected chi connectivity index (χ1v) is 5.31. The first-order chi connectivity index (χ1) is 7.08. The van der Waals surface area contributed by atoms with Gasteiger partial charge < -0.3 is 15.6 Å². The highest BCUT2D eigenvalue weighted by Crippen LogP contribution is 2.09. The minimum absolute atomic E-state index is 0.0529. The Morgan fingerprint density at radius 2 is 2.13 bits per heavy atom. The SMILES string of the molecule is CCC(CC)NC(=O)c1cc(N)cn1C. The number of hydrogen-bond acceptors (Lipinski definition) is 2. The Bertz CT molecular complexity index is 340. The summed E-state index contributed by atoms with van der Waals surface area (Å²) < 4.78 is 1.74. The minimum atomic E-state index is -0.0529. The molecule has 4 nitrogen and oxygen atoms in total. The Morgan fingerprint density at radius 1 is 1.53 bits per heavy atom. The van der Waals surface area contributed by atoms with E-state index in [4.69, 9.17) is 5.73 Å². The van der Waals surface area contributed by atoms with Gasteiger partial charge in [-0.25, -0.2) is 0 Å². The lowest BCUT2D eigenvalue weighted by atomic mass is 10.1. The highest BCUT2D eigenvalue weighted by Gasteiger charge is 2.13. The number of carbonyl (C=O) groups is 1. The molecule has 0 aliphatic heterocycles. The largest absolute Gasteiger partial charge is 0.397 e. The maximum Gasteiger partial charge on any atom is 0.268 e. The van der Waals surface area contributed by atoms with Crippen LogP contribution in [-0.4, -0.2) is 16.5 Å². The molecule has 0 bridgehead atoms. The average molecular weight is 209 g/mol. The summed E-state index contributed by atoms with van der Waals surface area (Å²) in [5.41, 5.74) is 6.84. The summed E-state index contributed by atoms with van der Waals surface area (Å²) in [4.78, 5) is 11.8. The smallest absolute Gasteiger partial charge is 0.268 e. The fraction of sp³-hybridized carbons (Fsp3) is 0.545. The molecular weight excluding hydrogens is 190 g/mol. The molecule has 0 radical (unpaired) electrons. The zero-order valence-electron chi connectivity index (χ0n) is 9.58. The van der Waals surface area contributed by atoms with Crippen molar-refractivity contribution in [2.45, 2.75) is 32.7 Å². The number of carbonyl (C=O) groups excluding carboxylic acids is 1. The number of nitrogen functional groups attached to an aromatic ring is 1. The van der Waals surface area contributed by atoms with Gasteiger partial charge in [0.25, 0.3) is 5.91 Å². The van der Waals surface area contributed by atoms with Crippen LogP contribution in [-0.2, 0) is 7.05 Å². The molecule has 0 saturated carbocycles. The molecule has 0 aliphatic carbocycles. The van der Waals surface area contributed by atoms with Crippen molar-refractivity contribution in [1.29, 1.82) is 0 Å². The van der Waals surface area contributed by atoms with Gasteiger partial charge in [-0.15, -0.1) is 0 Å². The van der Waals surface area contributed by atoms with Crippen LogP contribution in [0.15, 0.2) is 12.3 Å². The van der Waals surface area contributed by atoms with Gasteiger partial charge >= 0.3 is 0 Å². The third-order valence-corrected chi connectivity index (χ3v) is 2.58. The third-order valence-electron chi connectivity index (χ3n) is 2.58. The molecule has 3 N–H and O–H groups in total. The van der Waals surface area contributed by atoms with Gasteiger partial charge in [-0.1, -0.05) is 13.8 Å². The van der Waals surface area contributed by atoms with Gasteiger partial charge in [0.05, 0.1) is 5.69 Å². The lowest BCUT2D eigenvalue weighted by molar-refractivity contribution is 0.0926. The van der Waals surface area contributed by atoms with Crippen molar-refractivity contribution in [2.75, 3.05) is 5.73 Å². The Hall–Kier alpha value is -1.45. The zero-order valence-corrected chi connectivity index (χ0v) is 9.58. The lowest BCUT2D eigenvalue weighted by Gasteiger charge is -2.14. The van der Waals surface area contributed by atoms with E-state index in [1.807, 2.05) is 7.05 Å². The van der Waals surface area contributed by atoms with Crippen LogP contribution in [0.5, 0.6) is 0 Å². The van der Waals surface area contributed by atoms with E-state index in [2.05, 4.69) is 19.2 Å². The fourth-order valence-corrected chi connectivity index (χ4v) is 1.57. The van der Waals surface area contributed by atoms with Crippen molar-refractivity contribution in [1.82, 2.24) is 9.88 Å². The van der Waals surface area contributed by atoms with Crippen molar-refractivity contribution in [2.24, 2.45) is 7.05 Å². The summed E-state index contributed by atoms with van der Waals surface area (Å²) in [6, 6.07) is 1.94. The second-order valence-corrected chi connectivity index (χ2v) is 3.76. The molecule has 0 aliphatic rings. The molecule has 0 unspecified atom stereocenters. The van der Waals surface area contributed by atoms with Crippen LogP contribution in [0.2, 0.25) is 0 Å². The number of nitrogens with zero attached hydrogens (tertiary/aromatic N) is 1. The second kappa shape index (κ2) is 4.87. The molecule has 0 aromatic carbocycles. The molecule has 0 spiro atoms. The van der Waals surface area contributed by atoms with Gasteiger partial charge in [-0.05, 0) is 18.9 Å². The number of amides is 1. The van der Waals surface area contributed by atoms with Crippen molar-refractivity contribution >= 4 is 11.6 Å². The van der Waals surface area contributed by atoms with E-state index in [0.29, 0.717) is 11.4 Å². The van der Waals surface area contributed by atoms with Gasteiger partial charge in [0.2, 0.25) is 0 Å². The molecular formula is C11H19N3O. The van der Waals surface area contributed by atoms with Crippen LogP contribution in [0.1, 0.15) is 37.2 Å². The van der Waals surface area contributed by atoms with Crippen molar-refractivity contribution in [3.05, 3.63) is 18.0 Å². The van der Waals surface area contributed by atoms with Crippen molar-refractivity contribution in [3.8, 4) is 0 Å². The molecule has 0 saturated heterocycles. The van der Waals surface area contributed by atoms with E-state index in [-0.39, 0.29) is 11.9 Å². The molecule has 1 rings (SSSR count). The second-order valence-electron chi connectivity index (χ2n) is 3.76. The summed E-state index contributed by atoms with van der Waals surface area (Å²) in [5.74, 6) is -0.0529. The zero-order chi connectivity index (χ0) is 11.4. The highest BCUT2D eigenvalue weighted by atomic mass is 16.2. The highest BCUT2D eigenvalue weighted by molar-refractivity contribution is 5.93. The number of hydrogen-bond donors (Lipinski definition) is 2. The summed E-state index contributed by atoms with van der Waals surface area (Å²) in [6.07, 6.45) is 3.63. The predicted molar refractivity (Wildman–Crippen MR) is 61.7 cm³/mol. The standard InChI is InChI=1S/C11H19N3O/c1-4-9(5-2)13-11(15)10-6-8(12)7-14(10)3/h6-7,9H,4-5,12H2,1-3H3,(H,13,15). The molecule has 1 aromatic heterocycles. The fourth-order valence-electron chi connectivity index (χ4n) is 1.57. The molecule has 15 heavy (non-hydrogen) atoms. The van der Waals surface area contributed by atoms with Crippen molar-refractivity contribution < 1.29 is 4.79 Å². The topological polar surface area (TPSA) is 60.1 Å². The van der Waals surface area contributed by atoms with Crippen LogP contribution in [0.3, 0.4) is 0 Å². The molecule has 1 amide bonds. The Kier molecular flexibility index (Phi) is 3.77. The van der Waals surface area contributed by atoms with Crippen LogP contribution < -0.4 is 11.1 Å². The quantitative estimate of drug-likeness (QED) is 0.790. The van der Waals surface area contributed by atoms with E-state index in [9.17, 15) is 4.79 Å². The van der Waals surface area contributed by atoms with Crippen LogP contribution >= 0.6 is 0 Å². The summed E-state index contributed by atoms with van der Waals surface area (Å²) in [6.45, 7) is 4.13. The summed E-state index contributed by atoms with van der Waals surface area (Å²) >= 11 is 0. The minimum Gasteiger partial charge on any atom is -0.397 e. The maximum atomic E-state index is 11.8. The number of aromatic nitrogens is 1. The third kappa shape index (κ3) is 2.75. The molecule has 0 fully saturated rings. The van der Waals surface area contributed by atoms with E-state index < -0.39 is 0 Å². The Balaban J connectivity index is 2.72. The summed E-state index contributed by atoms with van der Waals surface area (Å²) in [7, 11) is 1.82. The number of nitrogens with two attached hydrogens (primary N) is 1. The Labute approximate surface area is 90.5 Å². The lowest BCUT2D eigenvalue weighted by Crippen LogP contribution is -2.34. The van der Waals surface area contributed by atoms with E-state index in [1.165, 1.54) is 0 Å². The monoisotopic (exact) mass is 209 g/mol. The summed E-state index contributed by atoms with van der Waals surface area (Å²) in [5, 5.41) is 2.97. The Morgan fingerprint density at radius 3 is 2.53 bits per heavy atom.